The first kappa shape index (κ1) is 28.1. The van der Waals surface area contributed by atoms with Crippen molar-refractivity contribution in [2.75, 3.05) is 6.54 Å². The first-order valence-electron chi connectivity index (χ1n) is 11.2. The predicted molar refractivity (Wildman–Crippen MR) is 113 cm³/mol. The molecule has 5 heteroatoms. The fraction of sp³-hybridized carbons (Fsp3) is 0.909. The van der Waals surface area contributed by atoms with E-state index < -0.39 is 18.0 Å². The average Bonchev–Trinajstić information content (AvgIpc) is 2.63. The molecule has 0 bridgehead atoms. The smallest absolute Gasteiger partial charge is 0.320 e. The van der Waals surface area contributed by atoms with E-state index in [1.807, 2.05) is 0 Å². The quantitative estimate of drug-likeness (QED) is 0.251. The second-order valence-electron chi connectivity index (χ2n) is 7.31. The van der Waals surface area contributed by atoms with Crippen molar-refractivity contribution in [3.05, 3.63) is 0 Å². The Hall–Kier alpha value is -1.10. The normalized spacial score (nSPS) is 11.5. The van der Waals surface area contributed by atoms with E-state index in [0.29, 0.717) is 6.54 Å². The SMILES string of the molecule is CCCCCCCCCCCC.CCCCCNC(CCC(=O)O)C(=O)O. The highest BCUT2D eigenvalue weighted by atomic mass is 16.4. The van der Waals surface area contributed by atoms with E-state index in [1.165, 1.54) is 64.2 Å². The number of unbranched alkanes of at least 4 members (excludes halogenated alkanes) is 11. The number of rotatable bonds is 18. The lowest BCUT2D eigenvalue weighted by Crippen LogP contribution is -2.37. The van der Waals surface area contributed by atoms with Crippen molar-refractivity contribution >= 4 is 11.9 Å². The largest absolute Gasteiger partial charge is 0.481 e. The Kier molecular flexibility index (Phi) is 23.9. The molecule has 0 saturated heterocycles. The summed E-state index contributed by atoms with van der Waals surface area (Å²) in [7, 11) is 0. The van der Waals surface area contributed by atoms with Crippen molar-refractivity contribution < 1.29 is 19.8 Å². The summed E-state index contributed by atoms with van der Waals surface area (Å²) in [4.78, 5) is 21.0. The third-order valence-corrected chi connectivity index (χ3v) is 4.57. The fourth-order valence-electron chi connectivity index (χ4n) is 2.79. The molecule has 0 amide bonds. The maximum atomic E-state index is 10.7. The number of carbonyl (C=O) groups is 2. The number of aliphatic carboxylic acids is 2. The van der Waals surface area contributed by atoms with Gasteiger partial charge in [0, 0.05) is 6.42 Å². The molecule has 0 aromatic heterocycles. The van der Waals surface area contributed by atoms with Crippen LogP contribution in [0, 0.1) is 0 Å². The third kappa shape index (κ3) is 24.9. The number of carboxylic acid groups (broad SMARTS) is 2. The van der Waals surface area contributed by atoms with Gasteiger partial charge in [0.2, 0.25) is 0 Å². The Morgan fingerprint density at radius 2 is 1.11 bits per heavy atom. The van der Waals surface area contributed by atoms with Crippen LogP contribution >= 0.6 is 0 Å². The van der Waals surface area contributed by atoms with Crippen LogP contribution in [0.15, 0.2) is 0 Å². The van der Waals surface area contributed by atoms with Crippen LogP contribution in [0.25, 0.3) is 0 Å². The molecule has 5 nitrogen and oxygen atoms in total. The van der Waals surface area contributed by atoms with E-state index >= 15 is 0 Å². The van der Waals surface area contributed by atoms with Crippen molar-refractivity contribution in [1.29, 1.82) is 0 Å². The fourth-order valence-corrected chi connectivity index (χ4v) is 2.79. The maximum absolute atomic E-state index is 10.7. The molecule has 0 rings (SSSR count). The van der Waals surface area contributed by atoms with E-state index in [4.69, 9.17) is 10.2 Å². The van der Waals surface area contributed by atoms with E-state index in [-0.39, 0.29) is 12.8 Å². The molecule has 0 aromatic carbocycles. The number of carboxylic acids is 2. The molecule has 0 heterocycles. The molecule has 0 spiro atoms. The molecule has 0 fully saturated rings. The van der Waals surface area contributed by atoms with E-state index in [2.05, 4.69) is 26.1 Å². The zero-order chi connectivity index (χ0) is 20.8. The van der Waals surface area contributed by atoms with Crippen LogP contribution in [0.3, 0.4) is 0 Å². The molecule has 162 valence electrons. The van der Waals surface area contributed by atoms with Crippen molar-refractivity contribution in [3.63, 3.8) is 0 Å². The molecule has 0 aromatic rings. The van der Waals surface area contributed by atoms with Crippen molar-refractivity contribution in [3.8, 4) is 0 Å². The van der Waals surface area contributed by atoms with Gasteiger partial charge in [-0.3, -0.25) is 9.59 Å². The van der Waals surface area contributed by atoms with E-state index in [0.717, 1.165) is 19.3 Å². The summed E-state index contributed by atoms with van der Waals surface area (Å²) in [5, 5.41) is 20.1. The molecule has 0 aliphatic carbocycles. The predicted octanol–water partition coefficient (Wildman–Crippen LogP) is 6.01. The van der Waals surface area contributed by atoms with E-state index in [9.17, 15) is 9.59 Å². The molecule has 0 aliphatic rings. The highest BCUT2D eigenvalue weighted by Crippen LogP contribution is 2.09. The molecule has 1 unspecified atom stereocenters. The topological polar surface area (TPSA) is 86.6 Å². The summed E-state index contributed by atoms with van der Waals surface area (Å²) >= 11 is 0. The van der Waals surface area contributed by atoms with Gasteiger partial charge in [-0.1, -0.05) is 97.8 Å². The number of hydrogen-bond donors (Lipinski definition) is 3. The highest BCUT2D eigenvalue weighted by Gasteiger charge is 2.17. The van der Waals surface area contributed by atoms with Crippen LogP contribution in [0.1, 0.15) is 117 Å². The van der Waals surface area contributed by atoms with Gasteiger partial charge in [-0.2, -0.15) is 0 Å². The van der Waals surface area contributed by atoms with Gasteiger partial charge < -0.3 is 15.5 Å². The summed E-state index contributed by atoms with van der Waals surface area (Å²) in [6, 6.07) is -0.738. The summed E-state index contributed by atoms with van der Waals surface area (Å²) in [6.45, 7) is 7.26. The lowest BCUT2D eigenvalue weighted by Gasteiger charge is -2.12. The van der Waals surface area contributed by atoms with Gasteiger partial charge in [-0.25, -0.2) is 0 Å². The number of nitrogens with one attached hydrogen (secondary N) is 1. The Morgan fingerprint density at radius 1 is 0.704 bits per heavy atom. The van der Waals surface area contributed by atoms with Gasteiger partial charge in [0.15, 0.2) is 0 Å². The first-order valence-corrected chi connectivity index (χ1v) is 11.2. The Balaban J connectivity index is 0. The maximum Gasteiger partial charge on any atom is 0.320 e. The molecular weight excluding hydrogens is 342 g/mol. The van der Waals surface area contributed by atoms with Crippen molar-refractivity contribution in [2.24, 2.45) is 0 Å². The molecule has 0 aliphatic heterocycles. The number of hydrogen-bond acceptors (Lipinski definition) is 3. The summed E-state index contributed by atoms with van der Waals surface area (Å²) in [6.07, 6.45) is 17.5. The third-order valence-electron chi connectivity index (χ3n) is 4.57. The second-order valence-corrected chi connectivity index (χ2v) is 7.31. The van der Waals surface area contributed by atoms with Gasteiger partial charge in [0.05, 0.1) is 0 Å². The molecule has 27 heavy (non-hydrogen) atoms. The highest BCUT2D eigenvalue weighted by molar-refractivity contribution is 5.75. The summed E-state index contributed by atoms with van der Waals surface area (Å²) in [5.74, 6) is -1.94. The van der Waals surface area contributed by atoms with Crippen molar-refractivity contribution in [2.45, 2.75) is 123 Å². The molecule has 0 radical (unpaired) electrons. The minimum absolute atomic E-state index is 0.113. The van der Waals surface area contributed by atoms with Crippen LogP contribution in [-0.4, -0.2) is 34.7 Å². The summed E-state index contributed by atoms with van der Waals surface area (Å²) in [5.41, 5.74) is 0. The first-order chi connectivity index (χ1) is 13.0. The van der Waals surface area contributed by atoms with Crippen molar-refractivity contribution in [1.82, 2.24) is 5.32 Å². The van der Waals surface area contributed by atoms with E-state index in [1.54, 1.807) is 0 Å². The zero-order valence-corrected chi connectivity index (χ0v) is 18.1. The lowest BCUT2D eigenvalue weighted by molar-refractivity contribution is -0.140. The van der Waals surface area contributed by atoms with Gasteiger partial charge in [0.1, 0.15) is 6.04 Å². The zero-order valence-electron chi connectivity index (χ0n) is 18.1. The van der Waals surface area contributed by atoms with Gasteiger partial charge in [-0.05, 0) is 19.4 Å². The minimum atomic E-state index is -0.979. The van der Waals surface area contributed by atoms with Crippen LogP contribution in [0.5, 0.6) is 0 Å². The van der Waals surface area contributed by atoms with Crippen LogP contribution in [0.2, 0.25) is 0 Å². The molecular formula is C22H45NO4. The summed E-state index contributed by atoms with van der Waals surface area (Å²) < 4.78 is 0. The Bertz CT molecular complexity index is 324. The molecule has 3 N–H and O–H groups in total. The standard InChI is InChI=1S/C12H26.C10H19NO4/c1-3-5-7-9-11-12-10-8-6-4-2;1-2-3-4-7-11-8(10(14)15)5-6-9(12)13/h3-12H2,1-2H3;8,11H,2-7H2,1H3,(H,12,13)(H,14,15). The Labute approximate surface area is 167 Å². The van der Waals surface area contributed by atoms with Crippen LogP contribution < -0.4 is 5.32 Å². The molecule has 1 atom stereocenters. The second kappa shape index (κ2) is 22.9. The van der Waals surface area contributed by atoms with Crippen LogP contribution in [0.4, 0.5) is 0 Å². The van der Waals surface area contributed by atoms with Crippen LogP contribution in [-0.2, 0) is 9.59 Å². The molecule has 0 saturated carbocycles. The Morgan fingerprint density at radius 3 is 1.48 bits per heavy atom. The monoisotopic (exact) mass is 387 g/mol. The minimum Gasteiger partial charge on any atom is -0.481 e. The van der Waals surface area contributed by atoms with Gasteiger partial charge >= 0.3 is 11.9 Å². The lowest BCUT2D eigenvalue weighted by atomic mass is 10.1. The average molecular weight is 388 g/mol. The van der Waals surface area contributed by atoms with Gasteiger partial charge in [0.25, 0.3) is 0 Å². The van der Waals surface area contributed by atoms with Gasteiger partial charge in [-0.15, -0.1) is 0 Å².